The van der Waals surface area contributed by atoms with Crippen molar-refractivity contribution in [2.75, 3.05) is 13.2 Å². The lowest BCUT2D eigenvalue weighted by molar-refractivity contribution is -0.160. The van der Waals surface area contributed by atoms with Gasteiger partial charge in [0.25, 0.3) is 0 Å². The van der Waals surface area contributed by atoms with E-state index < -0.39 is 41.8 Å². The summed E-state index contributed by atoms with van der Waals surface area (Å²) < 4.78 is 20.6. The average Bonchev–Trinajstić information content (AvgIpc) is 2.63. The van der Waals surface area contributed by atoms with Gasteiger partial charge in [-0.05, 0) is 39.5 Å². The second-order valence-corrected chi connectivity index (χ2v) is 8.19. The Morgan fingerprint density at radius 3 is 1.87 bits per heavy atom. The topological polar surface area (TPSA) is 105 Å². The zero-order valence-corrected chi connectivity index (χ0v) is 19.4. The van der Waals surface area contributed by atoms with Gasteiger partial charge >= 0.3 is 23.9 Å². The highest BCUT2D eigenvalue weighted by Crippen LogP contribution is 2.15. The molecular weight excluding hydrogens is 392 g/mol. The summed E-state index contributed by atoms with van der Waals surface area (Å²) in [5.74, 6) is -2.97. The predicted molar refractivity (Wildman–Crippen MR) is 110 cm³/mol. The van der Waals surface area contributed by atoms with Crippen molar-refractivity contribution in [2.45, 2.75) is 86.4 Å². The van der Waals surface area contributed by atoms with Crippen molar-refractivity contribution in [1.82, 2.24) is 0 Å². The van der Waals surface area contributed by atoms with Gasteiger partial charge in [0.1, 0.15) is 0 Å². The van der Waals surface area contributed by atoms with Crippen LogP contribution in [0, 0.1) is 17.8 Å². The van der Waals surface area contributed by atoms with Crippen LogP contribution in [-0.4, -0.2) is 49.3 Å². The van der Waals surface area contributed by atoms with Crippen LogP contribution >= 0.6 is 0 Å². The van der Waals surface area contributed by atoms with Crippen molar-refractivity contribution < 1.29 is 38.1 Å². The molecule has 0 fully saturated rings. The summed E-state index contributed by atoms with van der Waals surface area (Å²) in [6, 6.07) is 0. The first kappa shape index (κ1) is 27.9. The molecule has 0 saturated heterocycles. The van der Waals surface area contributed by atoms with E-state index in [9.17, 15) is 19.2 Å². The third-order valence-corrected chi connectivity index (χ3v) is 4.15. The van der Waals surface area contributed by atoms with E-state index in [2.05, 4.69) is 0 Å². The van der Waals surface area contributed by atoms with Crippen LogP contribution in [0.25, 0.3) is 0 Å². The molecule has 0 amide bonds. The molecule has 0 saturated carbocycles. The van der Waals surface area contributed by atoms with Crippen molar-refractivity contribution in [1.29, 1.82) is 0 Å². The van der Waals surface area contributed by atoms with E-state index >= 15 is 0 Å². The number of rotatable bonds is 14. The molecule has 4 unspecified atom stereocenters. The summed E-state index contributed by atoms with van der Waals surface area (Å²) in [6.45, 7) is 12.8. The van der Waals surface area contributed by atoms with Crippen LogP contribution < -0.4 is 0 Å². The van der Waals surface area contributed by atoms with Crippen molar-refractivity contribution in [3.8, 4) is 0 Å². The lowest BCUT2D eigenvalue weighted by atomic mass is 10.0. The molecule has 0 aromatic rings. The monoisotopic (exact) mass is 430 g/mol. The van der Waals surface area contributed by atoms with E-state index in [1.165, 1.54) is 0 Å². The second kappa shape index (κ2) is 14.8. The van der Waals surface area contributed by atoms with E-state index in [4.69, 9.17) is 18.9 Å². The van der Waals surface area contributed by atoms with Crippen molar-refractivity contribution >= 4 is 23.9 Å². The van der Waals surface area contributed by atoms with Crippen LogP contribution in [0.15, 0.2) is 0 Å². The van der Waals surface area contributed by atoms with Crippen LogP contribution in [0.1, 0.15) is 74.1 Å². The third-order valence-electron chi connectivity index (χ3n) is 4.15. The molecular formula is C22H38O8. The highest BCUT2D eigenvalue weighted by molar-refractivity contribution is 5.80. The molecule has 0 aliphatic rings. The molecule has 0 radical (unpaired) electrons. The second-order valence-electron chi connectivity index (χ2n) is 8.19. The van der Waals surface area contributed by atoms with Gasteiger partial charge in [0.05, 0.1) is 50.1 Å². The maximum absolute atomic E-state index is 12.1. The highest BCUT2D eigenvalue weighted by atomic mass is 16.6. The first-order chi connectivity index (χ1) is 14.0. The standard InChI is InChI=1S/C22H38O8/c1-8-9-27-21(25)16(5)11-19(23)28-13-15(4)10-18(7)30-22(26)17(6)12-20(24)29-14(2)3/h14-18H,8-13H2,1-7H3. The summed E-state index contributed by atoms with van der Waals surface area (Å²) in [4.78, 5) is 47.4. The minimum absolute atomic E-state index is 0.0320. The smallest absolute Gasteiger partial charge is 0.309 e. The molecule has 0 aliphatic heterocycles. The largest absolute Gasteiger partial charge is 0.465 e. The van der Waals surface area contributed by atoms with Gasteiger partial charge in [0.15, 0.2) is 0 Å². The number of carbonyl (C=O) groups is 4. The van der Waals surface area contributed by atoms with Gasteiger partial charge in [0.2, 0.25) is 0 Å². The third kappa shape index (κ3) is 13.2. The SMILES string of the molecule is CCCOC(=O)C(C)CC(=O)OCC(C)CC(C)OC(=O)C(C)CC(=O)OC(C)C. The molecule has 0 bridgehead atoms. The Labute approximate surface area is 180 Å². The molecule has 174 valence electrons. The van der Waals surface area contributed by atoms with Gasteiger partial charge in [0, 0.05) is 0 Å². The summed E-state index contributed by atoms with van der Waals surface area (Å²) in [7, 11) is 0. The Bertz CT molecular complexity index is 557. The molecule has 30 heavy (non-hydrogen) atoms. The number of esters is 4. The summed E-state index contributed by atoms with van der Waals surface area (Å²) in [6.07, 6.45) is 0.533. The van der Waals surface area contributed by atoms with E-state index in [0.717, 1.165) is 6.42 Å². The molecule has 4 atom stereocenters. The first-order valence-corrected chi connectivity index (χ1v) is 10.7. The van der Waals surface area contributed by atoms with E-state index in [-0.39, 0.29) is 31.5 Å². The Balaban J connectivity index is 4.21. The van der Waals surface area contributed by atoms with Gasteiger partial charge in [-0.1, -0.05) is 27.7 Å². The Hall–Kier alpha value is -2.12. The molecule has 0 aromatic heterocycles. The Morgan fingerprint density at radius 1 is 0.733 bits per heavy atom. The van der Waals surface area contributed by atoms with E-state index in [0.29, 0.717) is 13.0 Å². The van der Waals surface area contributed by atoms with E-state index in [1.807, 2.05) is 13.8 Å². The maximum atomic E-state index is 12.1. The van der Waals surface area contributed by atoms with Gasteiger partial charge in [-0.25, -0.2) is 0 Å². The zero-order valence-electron chi connectivity index (χ0n) is 19.4. The normalized spacial score (nSPS) is 14.9. The fraction of sp³-hybridized carbons (Fsp3) is 0.818. The summed E-state index contributed by atoms with van der Waals surface area (Å²) >= 11 is 0. The van der Waals surface area contributed by atoms with Crippen LogP contribution in [0.5, 0.6) is 0 Å². The lowest BCUT2D eigenvalue weighted by Crippen LogP contribution is -2.26. The van der Waals surface area contributed by atoms with Gasteiger partial charge in [-0.2, -0.15) is 0 Å². The number of hydrogen-bond acceptors (Lipinski definition) is 8. The van der Waals surface area contributed by atoms with Crippen molar-refractivity contribution in [3.05, 3.63) is 0 Å². The molecule has 0 spiro atoms. The first-order valence-electron chi connectivity index (χ1n) is 10.7. The van der Waals surface area contributed by atoms with Crippen LogP contribution in [0.3, 0.4) is 0 Å². The van der Waals surface area contributed by atoms with Crippen molar-refractivity contribution in [3.63, 3.8) is 0 Å². The van der Waals surface area contributed by atoms with Crippen LogP contribution in [0.2, 0.25) is 0 Å². The van der Waals surface area contributed by atoms with Crippen LogP contribution in [-0.2, 0) is 38.1 Å². The van der Waals surface area contributed by atoms with Gasteiger partial charge in [-0.15, -0.1) is 0 Å². The maximum Gasteiger partial charge on any atom is 0.309 e. The number of ether oxygens (including phenoxy) is 4. The highest BCUT2D eigenvalue weighted by Gasteiger charge is 2.23. The molecule has 0 aliphatic carbocycles. The Kier molecular flexibility index (Phi) is 13.8. The molecule has 8 heteroatoms. The van der Waals surface area contributed by atoms with E-state index in [1.54, 1.807) is 34.6 Å². The van der Waals surface area contributed by atoms with Crippen LogP contribution in [0.4, 0.5) is 0 Å². The fourth-order valence-electron chi connectivity index (χ4n) is 2.61. The van der Waals surface area contributed by atoms with Gasteiger partial charge in [-0.3, -0.25) is 19.2 Å². The van der Waals surface area contributed by atoms with Crippen molar-refractivity contribution in [2.24, 2.45) is 17.8 Å². The average molecular weight is 431 g/mol. The molecule has 0 rings (SSSR count). The molecule has 8 nitrogen and oxygen atoms in total. The number of carbonyl (C=O) groups excluding carboxylic acids is 4. The summed E-state index contributed by atoms with van der Waals surface area (Å²) in [5, 5.41) is 0. The quantitative estimate of drug-likeness (QED) is 0.305. The number of hydrogen-bond donors (Lipinski definition) is 0. The molecule has 0 aromatic carbocycles. The fourth-order valence-corrected chi connectivity index (χ4v) is 2.61. The lowest BCUT2D eigenvalue weighted by Gasteiger charge is -2.20. The Morgan fingerprint density at radius 2 is 1.30 bits per heavy atom. The minimum Gasteiger partial charge on any atom is -0.465 e. The molecule has 0 N–H and O–H groups in total. The molecule has 0 heterocycles. The zero-order chi connectivity index (χ0) is 23.3. The summed E-state index contributed by atoms with van der Waals surface area (Å²) in [5.41, 5.74) is 0. The minimum atomic E-state index is -0.596. The predicted octanol–water partition coefficient (Wildman–Crippen LogP) is 3.44. The van der Waals surface area contributed by atoms with Gasteiger partial charge < -0.3 is 18.9 Å².